The highest BCUT2D eigenvalue weighted by Crippen LogP contribution is 2.60. The van der Waals surface area contributed by atoms with Gasteiger partial charge in [-0.05, 0) is 139 Å². The monoisotopic (exact) mass is 1020 g/mol. The number of esters is 4. The molecule has 18 heteroatoms. The third-order valence-corrected chi connectivity index (χ3v) is 17.6. The largest absolute Gasteiger partial charge is 0.492 e. The van der Waals surface area contributed by atoms with E-state index in [9.17, 15) is 29.7 Å². The maximum atomic E-state index is 13.7. The molecular weight excluding hydrogens is 969 g/mol. The first-order valence-electron chi connectivity index (χ1n) is 23.5. The summed E-state index contributed by atoms with van der Waals surface area (Å²) in [7, 11) is 0. The van der Waals surface area contributed by atoms with Gasteiger partial charge in [-0.15, -0.1) is 0 Å². The van der Waals surface area contributed by atoms with Gasteiger partial charge in [0.2, 0.25) is 0 Å². The number of unbranched alkanes of at least 4 members (excludes halogenated alkanes) is 6. The fourth-order valence-electron chi connectivity index (χ4n) is 8.65. The van der Waals surface area contributed by atoms with Crippen LogP contribution in [-0.2, 0) is 28.7 Å². The third-order valence-electron chi connectivity index (χ3n) is 12.4. The summed E-state index contributed by atoms with van der Waals surface area (Å²) in [5.41, 5.74) is -0.0601. The number of thioether (sulfide) groups is 4. The van der Waals surface area contributed by atoms with E-state index in [1.54, 1.807) is 24.3 Å². The van der Waals surface area contributed by atoms with Crippen molar-refractivity contribution in [2.75, 3.05) is 26.4 Å². The zero-order valence-corrected chi connectivity index (χ0v) is 42.1. The second kappa shape index (κ2) is 27.6. The zero-order chi connectivity index (χ0) is 49.8. The van der Waals surface area contributed by atoms with Crippen LogP contribution in [0.15, 0.2) is 89.0 Å². The number of allylic oxidation sites excluding steroid dienone is 2. The summed E-state index contributed by atoms with van der Waals surface area (Å²) >= 11 is 5.04. The predicted octanol–water partition coefficient (Wildman–Crippen LogP) is 12.8. The molecule has 0 unspecified atom stereocenters. The lowest BCUT2D eigenvalue weighted by Crippen LogP contribution is -2.32. The highest BCUT2D eigenvalue weighted by atomic mass is 32.2. The molecule has 14 nitrogen and oxygen atoms in total. The van der Waals surface area contributed by atoms with Crippen molar-refractivity contribution in [3.63, 3.8) is 0 Å². The minimum Gasteiger partial charge on any atom is -0.492 e. The molecule has 2 aliphatic heterocycles. The number of carbonyl (C=O) groups excluding carboxylic acids is 4. The van der Waals surface area contributed by atoms with Crippen LogP contribution in [0.5, 0.6) is 23.0 Å². The molecule has 70 heavy (non-hydrogen) atoms. The quantitative estimate of drug-likeness (QED) is 0.0256. The fraction of sp³-hybridized carbons (Fsp3) is 0.462. The Morgan fingerprint density at radius 3 is 1.20 bits per heavy atom. The summed E-state index contributed by atoms with van der Waals surface area (Å²) in [4.78, 5) is 59.4. The Kier molecular flexibility index (Phi) is 21.1. The van der Waals surface area contributed by atoms with E-state index in [-0.39, 0.29) is 35.2 Å². The van der Waals surface area contributed by atoms with Crippen LogP contribution < -0.4 is 18.9 Å². The van der Waals surface area contributed by atoms with Crippen LogP contribution in [0.25, 0.3) is 9.69 Å². The van der Waals surface area contributed by atoms with Crippen molar-refractivity contribution in [2.45, 2.75) is 122 Å². The zero-order valence-electron chi connectivity index (χ0n) is 38.8. The second-order valence-electron chi connectivity index (χ2n) is 16.9. The summed E-state index contributed by atoms with van der Waals surface area (Å²) in [6, 6.07) is 10.9. The van der Waals surface area contributed by atoms with Gasteiger partial charge in [0, 0.05) is 12.2 Å². The van der Waals surface area contributed by atoms with E-state index in [1.165, 1.54) is 47.0 Å². The van der Waals surface area contributed by atoms with Crippen molar-refractivity contribution >= 4 is 70.9 Å². The van der Waals surface area contributed by atoms with Crippen LogP contribution in [0.1, 0.15) is 103 Å². The third kappa shape index (κ3) is 14.6. The van der Waals surface area contributed by atoms with Gasteiger partial charge in [-0.2, -0.15) is 0 Å². The van der Waals surface area contributed by atoms with Crippen molar-refractivity contribution in [1.29, 1.82) is 10.5 Å². The van der Waals surface area contributed by atoms with Crippen molar-refractivity contribution in [1.82, 2.24) is 0 Å². The van der Waals surface area contributed by atoms with E-state index in [1.807, 2.05) is 12.1 Å². The van der Waals surface area contributed by atoms with E-state index in [0.717, 1.165) is 89.2 Å². The first kappa shape index (κ1) is 53.6. The van der Waals surface area contributed by atoms with Crippen LogP contribution in [0.2, 0.25) is 0 Å². The molecule has 0 atom stereocenters. The predicted molar refractivity (Wildman–Crippen MR) is 267 cm³/mol. The lowest BCUT2D eigenvalue weighted by Gasteiger charge is -2.36. The molecule has 0 aromatic heterocycles. The van der Waals surface area contributed by atoms with Gasteiger partial charge in [0.25, 0.3) is 11.4 Å². The average Bonchev–Trinajstić information content (AvgIpc) is 4.04. The maximum absolute atomic E-state index is 13.7. The molecule has 2 aromatic carbocycles. The number of fused-ring (bicyclic) bond motifs is 2. The SMILES string of the molecule is [C-]#[N+]/C(C#N)=C1/Sc2c(OCCCCCCOC(=O)C=C)ccc(OC(=O)C3CCC(C4CCC(C(=O)Oc5ccc(OCCCCCCOC(=O)C=C)c6c5S/C(=C(\C#N)[N+]#[C-])S6)CC4)CC3)c2S1. The molecule has 2 aromatic rings. The number of nitrogens with zero attached hydrogens (tertiary/aromatic N) is 4. The molecule has 0 amide bonds. The average molecular weight is 1020 g/mol. The Balaban J connectivity index is 0.972. The fourth-order valence-corrected chi connectivity index (χ4v) is 13.6. The van der Waals surface area contributed by atoms with E-state index < -0.39 is 11.9 Å². The second-order valence-corrected chi connectivity index (χ2v) is 21.5. The highest BCUT2D eigenvalue weighted by Gasteiger charge is 2.38. The van der Waals surface area contributed by atoms with Gasteiger partial charge in [-0.3, -0.25) is 9.59 Å². The summed E-state index contributed by atoms with van der Waals surface area (Å²) in [6.07, 6.45) is 15.1. The van der Waals surface area contributed by atoms with E-state index >= 15 is 0 Å². The number of carbonyl (C=O) groups is 4. The molecule has 366 valence electrons. The molecule has 0 N–H and O–H groups in total. The normalized spacial score (nSPS) is 20.3. The molecule has 0 bridgehead atoms. The van der Waals surface area contributed by atoms with Crippen LogP contribution in [0, 0.1) is 59.5 Å². The van der Waals surface area contributed by atoms with Gasteiger partial charge < -0.3 is 28.4 Å². The van der Waals surface area contributed by atoms with Gasteiger partial charge in [-0.1, -0.05) is 60.2 Å². The van der Waals surface area contributed by atoms with Crippen LogP contribution in [0.4, 0.5) is 0 Å². The number of hydrogen-bond donors (Lipinski definition) is 0. The number of benzene rings is 2. The Hall–Kier alpha value is -5.76. The topological polar surface area (TPSA) is 180 Å². The van der Waals surface area contributed by atoms with Gasteiger partial charge in [-0.25, -0.2) is 29.8 Å². The molecule has 0 saturated heterocycles. The van der Waals surface area contributed by atoms with Gasteiger partial charge in [0.05, 0.1) is 91.6 Å². The summed E-state index contributed by atoms with van der Waals surface area (Å²) < 4.78 is 35.5. The van der Waals surface area contributed by atoms with E-state index in [0.29, 0.717) is 115 Å². The highest BCUT2D eigenvalue weighted by molar-refractivity contribution is 8.25. The molecule has 2 heterocycles. The molecule has 2 saturated carbocycles. The lowest BCUT2D eigenvalue weighted by molar-refractivity contribution is -0.142. The van der Waals surface area contributed by atoms with E-state index in [4.69, 9.17) is 41.6 Å². The smallest absolute Gasteiger partial charge is 0.330 e. The van der Waals surface area contributed by atoms with Gasteiger partial charge >= 0.3 is 23.9 Å². The summed E-state index contributed by atoms with van der Waals surface area (Å²) in [5, 5.41) is 19.2. The minimum atomic E-state index is -0.432. The van der Waals surface area contributed by atoms with Crippen molar-refractivity contribution in [2.24, 2.45) is 23.7 Å². The molecule has 0 radical (unpaired) electrons. The molecule has 2 aliphatic carbocycles. The van der Waals surface area contributed by atoms with Gasteiger partial charge in [0.1, 0.15) is 23.0 Å². The maximum Gasteiger partial charge on any atom is 0.330 e. The lowest BCUT2D eigenvalue weighted by atomic mass is 9.69. The number of hydrogen-bond acceptors (Lipinski definition) is 16. The van der Waals surface area contributed by atoms with Crippen molar-refractivity contribution < 1.29 is 47.6 Å². The number of nitriles is 2. The standard InChI is InChI=1S/C52H54N4O10S4/c1-5-43(57)63-29-13-9-7-11-27-61-39-23-25-41(47-45(39)67-51(69-47)37(31-53)55-3)65-49(59)35-19-15-33(16-20-35)34-17-21-36(22-18-34)50(60)66-42-26-24-40(46-48(42)70-52(68-46)38(32-54)56-4)62-28-12-8-10-14-30-64-44(58)6-2/h5-6,23-26,33-36H,1-2,7-22,27-30H2/b51-37-,52-38+. The molecule has 6 rings (SSSR count). The Bertz CT molecular complexity index is 2330. The van der Waals surface area contributed by atoms with Crippen LogP contribution >= 0.6 is 47.0 Å². The molecule has 2 fully saturated rings. The van der Waals surface area contributed by atoms with Crippen molar-refractivity contribution in [3.8, 4) is 35.1 Å². The van der Waals surface area contributed by atoms with Crippen LogP contribution in [-0.4, -0.2) is 50.3 Å². The van der Waals surface area contributed by atoms with Crippen LogP contribution in [0.3, 0.4) is 0 Å². The van der Waals surface area contributed by atoms with Crippen molar-refractivity contribution in [3.05, 3.63) is 92.3 Å². The Morgan fingerprint density at radius 2 is 0.871 bits per heavy atom. The number of ether oxygens (including phenoxy) is 6. The number of rotatable bonds is 23. The first-order valence-corrected chi connectivity index (χ1v) is 26.7. The molecular formula is C52H54N4O10S4. The summed E-state index contributed by atoms with van der Waals surface area (Å²) in [6.45, 7) is 23.4. The first-order chi connectivity index (χ1) is 34.1. The molecule has 4 aliphatic rings. The minimum absolute atomic E-state index is 0.0301. The van der Waals surface area contributed by atoms with E-state index in [2.05, 4.69) is 22.8 Å². The Labute approximate surface area is 426 Å². The molecule has 0 spiro atoms. The Morgan fingerprint density at radius 1 is 0.543 bits per heavy atom. The van der Waals surface area contributed by atoms with Gasteiger partial charge in [0.15, 0.2) is 0 Å². The summed E-state index contributed by atoms with van der Waals surface area (Å²) in [5.74, 6) is 0.826.